The smallest absolute Gasteiger partial charge is 0.353 e. The Kier molecular flexibility index (Phi) is 5.46. The summed E-state index contributed by atoms with van der Waals surface area (Å²) >= 11 is 1.31. The number of hydrazone groups is 1. The number of nitrogens with zero attached hydrogens (tertiary/aromatic N) is 2. The van der Waals surface area contributed by atoms with Crippen LogP contribution in [0.4, 0.5) is 5.69 Å². The number of ether oxygens (including phenoxy) is 1. The van der Waals surface area contributed by atoms with Gasteiger partial charge in [0.15, 0.2) is 0 Å². The molecule has 1 aliphatic heterocycles. The lowest BCUT2D eigenvalue weighted by molar-refractivity contribution is -0.114. The van der Waals surface area contributed by atoms with E-state index in [9.17, 15) is 14.4 Å². The first-order valence-corrected chi connectivity index (χ1v) is 10.1. The molecule has 1 aliphatic rings. The number of carboxylic acid groups (broad SMARTS) is 1. The van der Waals surface area contributed by atoms with Crippen molar-refractivity contribution in [2.45, 2.75) is 6.92 Å². The van der Waals surface area contributed by atoms with Crippen LogP contribution in [0.1, 0.15) is 32.5 Å². The molecule has 0 unspecified atom stereocenters. The molecule has 4 rings (SSSR count). The van der Waals surface area contributed by atoms with E-state index in [1.807, 2.05) is 0 Å². The van der Waals surface area contributed by atoms with Gasteiger partial charge in [-0.2, -0.15) is 10.1 Å². The second-order valence-corrected chi connectivity index (χ2v) is 7.60. The number of carbonyl (C=O) groups is 3. The maximum absolute atomic E-state index is 12.8. The molecular weight excluding hydrogens is 416 g/mol. The molecule has 7 nitrogen and oxygen atoms in total. The maximum atomic E-state index is 12.8. The molecule has 0 bridgehead atoms. The molecule has 0 atom stereocenters. The lowest BCUT2D eigenvalue weighted by Gasteiger charge is -2.11. The number of aromatic carboxylic acids is 1. The predicted molar refractivity (Wildman–Crippen MR) is 118 cm³/mol. The summed E-state index contributed by atoms with van der Waals surface area (Å²) in [4.78, 5) is 36.4. The molecule has 0 saturated carbocycles. The van der Waals surface area contributed by atoms with Crippen molar-refractivity contribution in [2.75, 3.05) is 5.01 Å². The van der Waals surface area contributed by atoms with Crippen molar-refractivity contribution in [2.24, 2.45) is 5.10 Å². The van der Waals surface area contributed by atoms with Crippen molar-refractivity contribution in [3.63, 3.8) is 0 Å². The van der Waals surface area contributed by atoms with Gasteiger partial charge in [-0.25, -0.2) is 9.59 Å². The average molecular weight is 432 g/mol. The van der Waals surface area contributed by atoms with Crippen LogP contribution in [-0.4, -0.2) is 28.7 Å². The first-order valence-electron chi connectivity index (χ1n) is 9.23. The zero-order valence-electron chi connectivity index (χ0n) is 16.3. The lowest BCUT2D eigenvalue weighted by atomic mass is 10.1. The van der Waals surface area contributed by atoms with Gasteiger partial charge < -0.3 is 9.84 Å². The summed E-state index contributed by atoms with van der Waals surface area (Å²) in [5.41, 5.74) is 2.32. The number of carboxylic acids is 1. The van der Waals surface area contributed by atoms with Crippen molar-refractivity contribution in [3.8, 4) is 5.75 Å². The molecule has 8 heteroatoms. The minimum atomic E-state index is -1.04. The third-order valence-electron chi connectivity index (χ3n) is 4.55. The second-order valence-electron chi connectivity index (χ2n) is 6.65. The van der Waals surface area contributed by atoms with Crippen molar-refractivity contribution >= 4 is 46.7 Å². The van der Waals surface area contributed by atoms with E-state index >= 15 is 0 Å². The van der Waals surface area contributed by atoms with E-state index in [1.54, 1.807) is 54.8 Å². The maximum Gasteiger partial charge on any atom is 0.353 e. The quantitative estimate of drug-likeness (QED) is 0.365. The predicted octanol–water partition coefficient (Wildman–Crippen LogP) is 4.47. The molecule has 0 saturated heterocycles. The molecule has 2 aromatic carbocycles. The number of hydrogen-bond acceptors (Lipinski definition) is 6. The molecule has 154 valence electrons. The fourth-order valence-corrected chi connectivity index (χ4v) is 3.55. The summed E-state index contributed by atoms with van der Waals surface area (Å²) in [6.45, 7) is 1.73. The summed E-state index contributed by atoms with van der Waals surface area (Å²) in [6, 6.07) is 16.2. The van der Waals surface area contributed by atoms with Crippen LogP contribution in [0.25, 0.3) is 6.08 Å². The molecule has 0 spiro atoms. The first-order chi connectivity index (χ1) is 14.9. The zero-order valence-corrected chi connectivity index (χ0v) is 17.1. The fraction of sp³-hybridized carbons (Fsp3) is 0.0435. The highest BCUT2D eigenvalue weighted by atomic mass is 32.1. The van der Waals surface area contributed by atoms with Gasteiger partial charge in [0.05, 0.1) is 22.5 Å². The van der Waals surface area contributed by atoms with Gasteiger partial charge in [0.25, 0.3) is 5.91 Å². The molecule has 1 N–H and O–H groups in total. The monoisotopic (exact) mass is 432 g/mol. The van der Waals surface area contributed by atoms with Crippen LogP contribution in [0.3, 0.4) is 0 Å². The molecule has 2 heterocycles. The van der Waals surface area contributed by atoms with Crippen LogP contribution < -0.4 is 9.75 Å². The van der Waals surface area contributed by atoms with Crippen LogP contribution in [-0.2, 0) is 4.79 Å². The number of benzene rings is 2. The molecule has 3 aromatic rings. The van der Waals surface area contributed by atoms with E-state index in [1.165, 1.54) is 40.6 Å². The molecule has 0 radical (unpaired) electrons. The molecule has 1 amide bonds. The zero-order chi connectivity index (χ0) is 22.0. The highest BCUT2D eigenvalue weighted by Gasteiger charge is 2.28. The highest BCUT2D eigenvalue weighted by Crippen LogP contribution is 2.26. The van der Waals surface area contributed by atoms with E-state index in [0.29, 0.717) is 27.6 Å². The van der Waals surface area contributed by atoms with Gasteiger partial charge in [0, 0.05) is 0 Å². The number of anilines is 1. The van der Waals surface area contributed by atoms with Gasteiger partial charge in [-0.1, -0.05) is 18.2 Å². The molecule has 31 heavy (non-hydrogen) atoms. The van der Waals surface area contributed by atoms with Gasteiger partial charge >= 0.3 is 11.9 Å². The van der Waals surface area contributed by atoms with Gasteiger partial charge in [-0.3, -0.25) is 4.79 Å². The largest absolute Gasteiger partial charge is 0.478 e. The topological polar surface area (TPSA) is 96.3 Å². The molecule has 0 fully saturated rings. The van der Waals surface area contributed by atoms with E-state index in [-0.39, 0.29) is 11.5 Å². The van der Waals surface area contributed by atoms with Crippen molar-refractivity contribution in [3.05, 3.63) is 87.6 Å². The average Bonchev–Trinajstić information content (AvgIpc) is 3.40. The SMILES string of the molecule is CC1=NN(c2ccc(C(=O)O)cc2)C(=O)C1=Cc1ccc(OC(=O)c2cccs2)cc1. The van der Waals surface area contributed by atoms with E-state index in [0.717, 1.165) is 5.56 Å². The van der Waals surface area contributed by atoms with Gasteiger partial charge in [0.2, 0.25) is 0 Å². The lowest BCUT2D eigenvalue weighted by Crippen LogP contribution is -2.21. The number of rotatable bonds is 5. The second kappa shape index (κ2) is 8.37. The van der Waals surface area contributed by atoms with E-state index < -0.39 is 11.9 Å². The Morgan fingerprint density at radius 3 is 2.39 bits per heavy atom. The number of thiophene rings is 1. The highest BCUT2D eigenvalue weighted by molar-refractivity contribution is 7.12. The van der Waals surface area contributed by atoms with Crippen LogP contribution in [0, 0.1) is 0 Å². The minimum Gasteiger partial charge on any atom is -0.478 e. The number of amides is 1. The van der Waals surface area contributed by atoms with Crippen LogP contribution >= 0.6 is 11.3 Å². The van der Waals surface area contributed by atoms with Gasteiger partial charge in [0.1, 0.15) is 10.6 Å². The Labute approximate surface area is 181 Å². The van der Waals surface area contributed by atoms with Gasteiger partial charge in [-0.15, -0.1) is 11.3 Å². The molecule has 1 aromatic heterocycles. The summed E-state index contributed by atoms with van der Waals surface area (Å²) in [5, 5.41) is 16.4. The standard InChI is InChI=1S/C23H16N2O5S/c1-14-19(21(26)25(24-14)17-8-6-16(7-9-17)22(27)28)13-15-4-10-18(11-5-15)30-23(29)20-3-2-12-31-20/h2-13H,1H3,(H,27,28). The van der Waals surface area contributed by atoms with Crippen LogP contribution in [0.5, 0.6) is 5.75 Å². The number of esters is 1. The fourth-order valence-electron chi connectivity index (χ4n) is 2.96. The summed E-state index contributed by atoms with van der Waals surface area (Å²) in [6.07, 6.45) is 1.71. The van der Waals surface area contributed by atoms with Crippen LogP contribution in [0.15, 0.2) is 76.7 Å². The number of hydrogen-bond donors (Lipinski definition) is 1. The minimum absolute atomic E-state index is 0.131. The third kappa shape index (κ3) is 4.29. The first kappa shape index (κ1) is 20.2. The van der Waals surface area contributed by atoms with Crippen molar-refractivity contribution in [1.29, 1.82) is 0 Å². The molecular formula is C23H16N2O5S. The summed E-state index contributed by atoms with van der Waals surface area (Å²) in [5.74, 6) is -1.36. The third-order valence-corrected chi connectivity index (χ3v) is 5.40. The van der Waals surface area contributed by atoms with Crippen LogP contribution in [0.2, 0.25) is 0 Å². The Hall–Kier alpha value is -4.04. The molecule has 0 aliphatic carbocycles. The Morgan fingerprint density at radius 1 is 1.06 bits per heavy atom. The van der Waals surface area contributed by atoms with Crippen molar-refractivity contribution in [1.82, 2.24) is 0 Å². The Bertz CT molecular complexity index is 1210. The Morgan fingerprint density at radius 2 is 1.77 bits per heavy atom. The van der Waals surface area contributed by atoms with Crippen molar-refractivity contribution < 1.29 is 24.2 Å². The normalized spacial score (nSPS) is 14.6. The van der Waals surface area contributed by atoms with Gasteiger partial charge in [-0.05, 0) is 66.4 Å². The summed E-state index contributed by atoms with van der Waals surface area (Å²) in [7, 11) is 0. The van der Waals surface area contributed by atoms with E-state index in [4.69, 9.17) is 9.84 Å². The number of carbonyl (C=O) groups excluding carboxylic acids is 2. The van der Waals surface area contributed by atoms with E-state index in [2.05, 4.69) is 5.10 Å². The summed E-state index contributed by atoms with van der Waals surface area (Å²) < 4.78 is 5.34. The Balaban J connectivity index is 1.49.